The Bertz CT molecular complexity index is 983. The third-order valence-electron chi connectivity index (χ3n) is 6.91. The van der Waals surface area contributed by atoms with Crippen molar-refractivity contribution in [1.29, 1.82) is 0 Å². The lowest BCUT2D eigenvalue weighted by atomic mass is 9.86. The average molecular weight is 430 g/mol. The molecular weight excluding hydrogens is 405 g/mol. The Balaban J connectivity index is 1.29. The van der Waals surface area contributed by atoms with Gasteiger partial charge in [0.25, 0.3) is 0 Å². The highest BCUT2D eigenvalue weighted by atomic mass is 19.4. The molecule has 0 radical (unpaired) electrons. The second-order valence-electron chi connectivity index (χ2n) is 8.77. The zero-order valence-electron chi connectivity index (χ0n) is 17.1. The summed E-state index contributed by atoms with van der Waals surface area (Å²) in [6.45, 7) is 2.98. The first-order valence-electron chi connectivity index (χ1n) is 10.9. The predicted octanol–water partition coefficient (Wildman–Crippen LogP) is 5.18. The highest BCUT2D eigenvalue weighted by Crippen LogP contribution is 2.40. The zero-order chi connectivity index (χ0) is 21.6. The predicted molar refractivity (Wildman–Crippen MR) is 111 cm³/mol. The maximum absolute atomic E-state index is 13.4. The number of hydrogen-bond acceptors (Lipinski definition) is 3. The Hall–Kier alpha value is -2.54. The van der Waals surface area contributed by atoms with E-state index in [1.165, 1.54) is 12.1 Å². The van der Waals surface area contributed by atoms with Crippen molar-refractivity contribution in [3.63, 3.8) is 0 Å². The molecule has 2 aromatic rings. The number of aryl methyl sites for hydroxylation is 1. The van der Waals surface area contributed by atoms with E-state index in [2.05, 4.69) is 10.2 Å². The van der Waals surface area contributed by atoms with Crippen LogP contribution < -0.4 is 5.32 Å². The highest BCUT2D eigenvalue weighted by Gasteiger charge is 2.37. The van der Waals surface area contributed by atoms with Crippen molar-refractivity contribution in [3.8, 4) is 11.1 Å². The number of ether oxygens (including phenoxy) is 1. The Kier molecular flexibility index (Phi) is 5.16. The van der Waals surface area contributed by atoms with E-state index in [0.29, 0.717) is 17.9 Å². The molecule has 2 atom stereocenters. The maximum atomic E-state index is 13.4. The van der Waals surface area contributed by atoms with Crippen LogP contribution in [0.2, 0.25) is 0 Å². The van der Waals surface area contributed by atoms with E-state index in [-0.39, 0.29) is 17.7 Å². The van der Waals surface area contributed by atoms with Gasteiger partial charge in [-0.25, -0.2) is 4.79 Å². The van der Waals surface area contributed by atoms with Crippen LogP contribution in [-0.2, 0) is 17.3 Å². The number of nitrogens with zero attached hydrogens (tertiary/aromatic N) is 1. The summed E-state index contributed by atoms with van der Waals surface area (Å²) >= 11 is 0. The topological polar surface area (TPSA) is 41.6 Å². The van der Waals surface area contributed by atoms with Crippen LogP contribution in [0.4, 0.5) is 18.0 Å². The minimum atomic E-state index is -4.40. The van der Waals surface area contributed by atoms with Crippen molar-refractivity contribution >= 4 is 6.09 Å². The van der Waals surface area contributed by atoms with Gasteiger partial charge in [-0.1, -0.05) is 36.4 Å². The van der Waals surface area contributed by atoms with Gasteiger partial charge in [0.15, 0.2) is 0 Å². The van der Waals surface area contributed by atoms with Gasteiger partial charge in [0, 0.05) is 6.54 Å². The molecule has 31 heavy (non-hydrogen) atoms. The molecule has 0 spiro atoms. The maximum Gasteiger partial charge on any atom is 0.417 e. The van der Waals surface area contributed by atoms with E-state index in [0.717, 1.165) is 56.1 Å². The van der Waals surface area contributed by atoms with E-state index in [9.17, 15) is 18.0 Å². The molecule has 4 aliphatic rings. The molecule has 1 aliphatic carbocycles. The van der Waals surface area contributed by atoms with Crippen molar-refractivity contribution < 1.29 is 22.7 Å². The molecule has 7 heteroatoms. The van der Waals surface area contributed by atoms with Gasteiger partial charge in [-0.15, -0.1) is 0 Å². The van der Waals surface area contributed by atoms with Crippen LogP contribution in [0.15, 0.2) is 42.5 Å². The van der Waals surface area contributed by atoms with E-state index < -0.39 is 17.8 Å². The fraction of sp³-hybridized carbons (Fsp3) is 0.458. The number of benzene rings is 2. The molecule has 3 saturated heterocycles. The first-order valence-corrected chi connectivity index (χ1v) is 10.9. The summed E-state index contributed by atoms with van der Waals surface area (Å²) < 4.78 is 45.9. The van der Waals surface area contributed by atoms with Crippen molar-refractivity contribution in [1.82, 2.24) is 10.2 Å². The SMILES string of the molecule is O=C(NC1CCc2cc(-c3ccccc3C(F)(F)F)ccc21)O[C@H]1CN2CCC1CC2. The van der Waals surface area contributed by atoms with Gasteiger partial charge in [-0.3, -0.25) is 4.90 Å². The second kappa shape index (κ2) is 7.86. The zero-order valence-corrected chi connectivity index (χ0v) is 17.1. The van der Waals surface area contributed by atoms with E-state index in [1.54, 1.807) is 12.1 Å². The van der Waals surface area contributed by atoms with Crippen LogP contribution in [0, 0.1) is 5.92 Å². The van der Waals surface area contributed by atoms with Crippen LogP contribution >= 0.6 is 0 Å². The number of alkyl halides is 3. The number of alkyl carbamates (subject to hydrolysis) is 1. The van der Waals surface area contributed by atoms with Gasteiger partial charge in [-0.05, 0) is 73.0 Å². The highest BCUT2D eigenvalue weighted by molar-refractivity contribution is 5.71. The molecule has 1 amide bonds. The van der Waals surface area contributed by atoms with Crippen LogP contribution in [0.1, 0.15) is 42.0 Å². The molecule has 2 bridgehead atoms. The second-order valence-corrected chi connectivity index (χ2v) is 8.77. The summed E-state index contributed by atoms with van der Waals surface area (Å²) in [7, 11) is 0. The molecule has 1 unspecified atom stereocenters. The average Bonchev–Trinajstić information content (AvgIpc) is 3.16. The summed E-state index contributed by atoms with van der Waals surface area (Å²) in [4.78, 5) is 14.9. The van der Waals surface area contributed by atoms with Gasteiger partial charge in [0.2, 0.25) is 0 Å². The number of hydrogen-bond donors (Lipinski definition) is 1. The van der Waals surface area contributed by atoms with Crippen molar-refractivity contribution in [2.45, 2.75) is 44.0 Å². The molecule has 1 N–H and O–H groups in total. The molecule has 3 heterocycles. The minimum Gasteiger partial charge on any atom is -0.445 e. The van der Waals surface area contributed by atoms with E-state index in [1.807, 2.05) is 12.1 Å². The molecule has 3 aliphatic heterocycles. The fourth-order valence-electron chi connectivity index (χ4n) is 5.28. The lowest BCUT2D eigenvalue weighted by Crippen LogP contribution is -2.52. The van der Waals surface area contributed by atoms with Crippen molar-refractivity contribution in [2.75, 3.05) is 19.6 Å². The van der Waals surface area contributed by atoms with Crippen molar-refractivity contribution in [2.24, 2.45) is 5.92 Å². The number of piperidine rings is 3. The summed E-state index contributed by atoms with van der Waals surface area (Å²) in [6.07, 6.45) is -1.28. The molecule has 0 saturated carbocycles. The monoisotopic (exact) mass is 430 g/mol. The number of amides is 1. The summed E-state index contributed by atoms with van der Waals surface area (Å²) in [5.41, 5.74) is 2.02. The number of rotatable bonds is 3. The largest absolute Gasteiger partial charge is 0.445 e. The first-order chi connectivity index (χ1) is 14.9. The lowest BCUT2D eigenvalue weighted by molar-refractivity contribution is -0.137. The molecule has 2 aromatic carbocycles. The van der Waals surface area contributed by atoms with Crippen LogP contribution in [0.3, 0.4) is 0 Å². The molecule has 164 valence electrons. The normalized spacial score (nSPS) is 27.1. The van der Waals surface area contributed by atoms with Gasteiger partial charge in [-0.2, -0.15) is 13.2 Å². The number of carbonyl (C=O) groups is 1. The Morgan fingerprint density at radius 2 is 1.84 bits per heavy atom. The third kappa shape index (κ3) is 4.03. The standard InChI is InChI=1S/C24H25F3N2O2/c25-24(26,27)20-4-2-1-3-18(20)16-5-7-19-17(13-16)6-8-21(19)28-23(30)31-22-14-29-11-9-15(22)10-12-29/h1-5,7,13,15,21-22H,6,8-12,14H2,(H,28,30)/t21?,22-/m0/s1. The summed E-state index contributed by atoms with van der Waals surface area (Å²) in [5, 5.41) is 2.98. The Morgan fingerprint density at radius 3 is 2.55 bits per heavy atom. The molecule has 3 fully saturated rings. The summed E-state index contributed by atoms with van der Waals surface area (Å²) in [5.74, 6) is 0.447. The quantitative estimate of drug-likeness (QED) is 0.730. The van der Waals surface area contributed by atoms with Crippen molar-refractivity contribution in [3.05, 3.63) is 59.2 Å². The number of carbonyl (C=O) groups excluding carboxylic acids is 1. The van der Waals surface area contributed by atoms with Gasteiger partial charge < -0.3 is 10.1 Å². The molecule has 6 rings (SSSR count). The number of halogens is 3. The summed E-state index contributed by atoms with van der Waals surface area (Å²) in [6, 6.07) is 10.8. The van der Waals surface area contributed by atoms with Crippen LogP contribution in [0.25, 0.3) is 11.1 Å². The van der Waals surface area contributed by atoms with E-state index in [4.69, 9.17) is 4.74 Å². The molecule has 4 nitrogen and oxygen atoms in total. The minimum absolute atomic E-state index is 0.0513. The molecule has 0 aromatic heterocycles. The smallest absolute Gasteiger partial charge is 0.417 e. The number of nitrogens with one attached hydrogen (secondary N) is 1. The van der Waals surface area contributed by atoms with Crippen LogP contribution in [0.5, 0.6) is 0 Å². The van der Waals surface area contributed by atoms with Crippen LogP contribution in [-0.4, -0.2) is 36.7 Å². The van der Waals surface area contributed by atoms with Gasteiger partial charge >= 0.3 is 12.3 Å². The van der Waals surface area contributed by atoms with E-state index >= 15 is 0 Å². The Labute approximate surface area is 179 Å². The first kappa shape index (κ1) is 20.4. The van der Waals surface area contributed by atoms with Gasteiger partial charge in [0.1, 0.15) is 6.10 Å². The van der Waals surface area contributed by atoms with Gasteiger partial charge in [0.05, 0.1) is 11.6 Å². The molecular formula is C24H25F3N2O2. The third-order valence-corrected chi connectivity index (χ3v) is 6.91. The fourth-order valence-corrected chi connectivity index (χ4v) is 5.28. The number of fused-ring (bicyclic) bond motifs is 4. The Morgan fingerprint density at radius 1 is 1.06 bits per heavy atom. The lowest BCUT2D eigenvalue weighted by Gasteiger charge is -2.43.